The number of rotatable bonds is 5. The van der Waals surface area contributed by atoms with Crippen LogP contribution >= 0.6 is 0 Å². The van der Waals surface area contributed by atoms with E-state index in [0.29, 0.717) is 5.56 Å². The van der Waals surface area contributed by atoms with Gasteiger partial charge < -0.3 is 26.8 Å². The molecule has 1 heterocycles. The highest BCUT2D eigenvalue weighted by molar-refractivity contribution is 5.91. The summed E-state index contributed by atoms with van der Waals surface area (Å²) in [5.41, 5.74) is 10.5. The third kappa shape index (κ3) is 4.82. The highest BCUT2D eigenvalue weighted by Crippen LogP contribution is 2.21. The number of carbonyl (C=O) groups excluding carboxylic acids is 3. The van der Waals surface area contributed by atoms with Crippen LogP contribution in [0, 0.1) is 0 Å². The number of carbonyl (C=O) groups is 3. The number of aromatic nitrogens is 1. The van der Waals surface area contributed by atoms with Crippen molar-refractivity contribution in [3.63, 3.8) is 0 Å². The maximum atomic E-state index is 11.8. The van der Waals surface area contributed by atoms with Crippen molar-refractivity contribution in [2.24, 2.45) is 11.5 Å². The van der Waals surface area contributed by atoms with Gasteiger partial charge in [0.25, 0.3) is 0 Å². The van der Waals surface area contributed by atoms with Gasteiger partial charge in [-0.1, -0.05) is 6.07 Å². The number of esters is 1. The fraction of sp³-hybridized carbons (Fsp3) is 0.167. The molecule has 0 saturated carbocycles. The van der Waals surface area contributed by atoms with Crippen LogP contribution in [0.15, 0.2) is 36.3 Å². The molecule has 0 aliphatic rings. The Morgan fingerprint density at radius 2 is 2.05 bits per heavy atom. The van der Waals surface area contributed by atoms with Crippen LogP contribution in [0.1, 0.15) is 11.6 Å². The Balaban J connectivity index is 3.23. The number of methoxy groups -OCH3 is 1. The molecule has 0 fully saturated rings. The molecule has 9 heteroatoms. The number of nitrogens with one attached hydrogen (secondary N) is 2. The molecule has 4 amide bonds. The van der Waals surface area contributed by atoms with Crippen LogP contribution < -0.4 is 22.1 Å². The molecule has 1 rings (SSSR count). The Bertz CT molecular complexity index is 558. The Morgan fingerprint density at radius 1 is 1.33 bits per heavy atom. The zero-order valence-electron chi connectivity index (χ0n) is 11.2. The summed E-state index contributed by atoms with van der Waals surface area (Å²) in [6, 6.07) is 0.546. The van der Waals surface area contributed by atoms with Crippen molar-refractivity contribution in [2.45, 2.75) is 6.04 Å². The molecule has 0 spiro atoms. The molecule has 112 valence electrons. The summed E-state index contributed by atoms with van der Waals surface area (Å²) >= 11 is 0. The highest BCUT2D eigenvalue weighted by Gasteiger charge is 2.25. The molecule has 1 unspecified atom stereocenters. The number of primary amides is 2. The van der Waals surface area contributed by atoms with E-state index >= 15 is 0 Å². The SMILES string of the molecule is COC(=O)C(=CNC(N)=O)C(NC(N)=O)c1cccnc1. The van der Waals surface area contributed by atoms with Gasteiger partial charge in [0.05, 0.1) is 18.7 Å². The van der Waals surface area contributed by atoms with Gasteiger partial charge in [0.1, 0.15) is 0 Å². The zero-order chi connectivity index (χ0) is 15.8. The minimum atomic E-state index is -0.949. The van der Waals surface area contributed by atoms with Gasteiger partial charge in [0, 0.05) is 18.6 Å². The minimum absolute atomic E-state index is 0.0666. The third-order valence-corrected chi connectivity index (χ3v) is 2.41. The molecule has 1 atom stereocenters. The van der Waals surface area contributed by atoms with Crippen LogP contribution in [-0.4, -0.2) is 30.1 Å². The lowest BCUT2D eigenvalue weighted by atomic mass is 10.0. The molecule has 1 aromatic rings. The van der Waals surface area contributed by atoms with Crippen LogP contribution in [0.25, 0.3) is 0 Å². The molecule has 0 radical (unpaired) electrons. The molecule has 0 aliphatic heterocycles. The van der Waals surface area contributed by atoms with Crippen molar-refractivity contribution >= 4 is 18.0 Å². The second-order valence-electron chi connectivity index (χ2n) is 3.83. The van der Waals surface area contributed by atoms with Gasteiger partial charge in [-0.05, 0) is 11.6 Å². The van der Waals surface area contributed by atoms with Crippen LogP contribution in [0.4, 0.5) is 9.59 Å². The Labute approximate surface area is 120 Å². The average molecular weight is 293 g/mol. The number of hydrogen-bond donors (Lipinski definition) is 4. The number of amides is 4. The van der Waals surface area contributed by atoms with Crippen molar-refractivity contribution in [2.75, 3.05) is 7.11 Å². The Kier molecular flexibility index (Phi) is 5.68. The van der Waals surface area contributed by atoms with Crippen molar-refractivity contribution in [3.8, 4) is 0 Å². The minimum Gasteiger partial charge on any atom is -0.466 e. The van der Waals surface area contributed by atoms with E-state index in [2.05, 4.69) is 20.4 Å². The summed E-state index contributed by atoms with van der Waals surface area (Å²) in [5.74, 6) is -0.772. The van der Waals surface area contributed by atoms with Gasteiger partial charge in [-0.15, -0.1) is 0 Å². The van der Waals surface area contributed by atoms with Crippen LogP contribution in [0.5, 0.6) is 0 Å². The molecular formula is C12H15N5O4. The first kappa shape index (κ1) is 16.0. The van der Waals surface area contributed by atoms with E-state index in [1.165, 1.54) is 12.4 Å². The Hall–Kier alpha value is -3.10. The molecular weight excluding hydrogens is 278 g/mol. The van der Waals surface area contributed by atoms with E-state index in [1.807, 2.05) is 0 Å². The van der Waals surface area contributed by atoms with E-state index in [-0.39, 0.29) is 5.57 Å². The lowest BCUT2D eigenvalue weighted by Gasteiger charge is -2.19. The van der Waals surface area contributed by atoms with Crippen LogP contribution in [0.3, 0.4) is 0 Å². The summed E-state index contributed by atoms with van der Waals surface area (Å²) < 4.78 is 4.62. The number of urea groups is 2. The Morgan fingerprint density at radius 3 is 2.52 bits per heavy atom. The topological polar surface area (TPSA) is 149 Å². The van der Waals surface area contributed by atoms with E-state index in [0.717, 1.165) is 13.3 Å². The predicted molar refractivity (Wildman–Crippen MR) is 72.5 cm³/mol. The van der Waals surface area contributed by atoms with Crippen molar-refractivity contribution in [3.05, 3.63) is 41.9 Å². The third-order valence-electron chi connectivity index (χ3n) is 2.41. The molecule has 0 aliphatic carbocycles. The first-order chi connectivity index (χ1) is 9.95. The molecule has 0 saturated heterocycles. The molecule has 9 nitrogen and oxygen atoms in total. The summed E-state index contributed by atoms with van der Waals surface area (Å²) in [6.07, 6.45) is 4.00. The maximum absolute atomic E-state index is 11.8. The highest BCUT2D eigenvalue weighted by atomic mass is 16.5. The van der Waals surface area contributed by atoms with Gasteiger partial charge in [0.2, 0.25) is 0 Å². The summed E-state index contributed by atoms with van der Waals surface area (Å²) in [5, 5.41) is 4.52. The molecule has 6 N–H and O–H groups in total. The number of pyridine rings is 1. The largest absolute Gasteiger partial charge is 0.466 e. The molecule has 0 bridgehead atoms. The lowest BCUT2D eigenvalue weighted by molar-refractivity contribution is -0.136. The second-order valence-corrected chi connectivity index (χ2v) is 3.83. The van der Waals surface area contributed by atoms with Gasteiger partial charge in [-0.25, -0.2) is 14.4 Å². The average Bonchev–Trinajstić information content (AvgIpc) is 2.46. The number of ether oxygens (including phenoxy) is 1. The van der Waals surface area contributed by atoms with Gasteiger partial charge in [0.15, 0.2) is 0 Å². The fourth-order valence-corrected chi connectivity index (χ4v) is 1.56. The summed E-state index contributed by atoms with van der Waals surface area (Å²) in [6.45, 7) is 0. The molecule has 0 aromatic carbocycles. The summed E-state index contributed by atoms with van der Waals surface area (Å²) in [7, 11) is 1.16. The summed E-state index contributed by atoms with van der Waals surface area (Å²) in [4.78, 5) is 37.6. The smallest absolute Gasteiger partial charge is 0.337 e. The van der Waals surface area contributed by atoms with Crippen molar-refractivity contribution in [1.29, 1.82) is 0 Å². The monoisotopic (exact) mass is 293 g/mol. The number of hydrogen-bond acceptors (Lipinski definition) is 5. The van der Waals surface area contributed by atoms with Crippen molar-refractivity contribution < 1.29 is 19.1 Å². The number of nitrogens with two attached hydrogens (primary N) is 2. The quantitative estimate of drug-likeness (QED) is 0.427. The predicted octanol–water partition coefficient (Wildman–Crippen LogP) is -0.484. The maximum Gasteiger partial charge on any atom is 0.337 e. The van der Waals surface area contributed by atoms with Gasteiger partial charge >= 0.3 is 18.0 Å². The lowest BCUT2D eigenvalue weighted by Crippen LogP contribution is -2.37. The number of nitrogens with zero attached hydrogens (tertiary/aromatic N) is 1. The normalized spacial score (nSPS) is 12.1. The van der Waals surface area contributed by atoms with Gasteiger partial charge in [-0.2, -0.15) is 0 Å². The fourth-order valence-electron chi connectivity index (χ4n) is 1.56. The molecule has 21 heavy (non-hydrogen) atoms. The standard InChI is InChI=1S/C12H15N5O4/c1-21-10(18)8(6-16-11(13)19)9(17-12(14)20)7-3-2-4-15-5-7/h2-6,9H,1H3,(H3,13,16,19)(H3,14,17,20). The van der Waals surface area contributed by atoms with E-state index in [4.69, 9.17) is 11.5 Å². The van der Waals surface area contributed by atoms with Crippen LogP contribution in [-0.2, 0) is 9.53 Å². The first-order valence-electron chi connectivity index (χ1n) is 5.76. The van der Waals surface area contributed by atoms with Crippen LogP contribution in [0.2, 0.25) is 0 Å². The van der Waals surface area contributed by atoms with E-state index in [1.54, 1.807) is 12.1 Å². The van der Waals surface area contributed by atoms with Gasteiger partial charge in [-0.3, -0.25) is 4.98 Å². The van der Waals surface area contributed by atoms with E-state index in [9.17, 15) is 14.4 Å². The first-order valence-corrected chi connectivity index (χ1v) is 5.76. The zero-order valence-corrected chi connectivity index (χ0v) is 11.2. The second kappa shape index (κ2) is 7.48. The van der Waals surface area contributed by atoms with E-state index < -0.39 is 24.1 Å². The molecule has 1 aromatic heterocycles. The van der Waals surface area contributed by atoms with Crippen molar-refractivity contribution in [1.82, 2.24) is 15.6 Å².